The van der Waals surface area contributed by atoms with Crippen molar-refractivity contribution >= 4 is 0 Å². The molecule has 2 bridgehead atoms. The molecular weight excluding hydrogens is 170 g/mol. The fourth-order valence-electron chi connectivity index (χ4n) is 3.08. The zero-order chi connectivity index (χ0) is 9.43. The lowest BCUT2D eigenvalue weighted by atomic mass is 9.79. The van der Waals surface area contributed by atoms with Crippen molar-refractivity contribution in [2.24, 2.45) is 5.41 Å². The second-order valence-electron chi connectivity index (χ2n) is 4.94. The SMILES string of the molecule is c1ccc(CC23CCN(CC2)C3)cc1. The molecule has 2 fully saturated rings. The average molecular weight is 187 g/mol. The van der Waals surface area contributed by atoms with Crippen molar-refractivity contribution in [3.8, 4) is 0 Å². The van der Waals surface area contributed by atoms with E-state index in [0.29, 0.717) is 5.41 Å². The van der Waals surface area contributed by atoms with Crippen LogP contribution in [0.5, 0.6) is 0 Å². The molecule has 2 aliphatic rings. The first-order chi connectivity index (χ1) is 6.86. The quantitative estimate of drug-likeness (QED) is 0.687. The van der Waals surface area contributed by atoms with Gasteiger partial charge in [0.15, 0.2) is 0 Å². The highest BCUT2D eigenvalue weighted by molar-refractivity contribution is 5.18. The first kappa shape index (κ1) is 8.49. The lowest BCUT2D eigenvalue weighted by molar-refractivity contribution is 0.317. The maximum atomic E-state index is 2.61. The van der Waals surface area contributed by atoms with Gasteiger partial charge in [-0.3, -0.25) is 0 Å². The van der Waals surface area contributed by atoms with Crippen LogP contribution in [-0.2, 0) is 6.42 Å². The number of piperidine rings is 1. The summed E-state index contributed by atoms with van der Waals surface area (Å²) in [6, 6.07) is 11.0. The molecule has 1 aromatic carbocycles. The predicted octanol–water partition coefficient (Wildman–Crippen LogP) is 2.32. The summed E-state index contributed by atoms with van der Waals surface area (Å²) in [5.74, 6) is 0. The summed E-state index contributed by atoms with van der Waals surface area (Å²) in [6.45, 7) is 4.03. The van der Waals surface area contributed by atoms with Crippen molar-refractivity contribution in [2.45, 2.75) is 19.3 Å². The van der Waals surface area contributed by atoms with Crippen LogP contribution in [-0.4, -0.2) is 24.5 Å². The van der Waals surface area contributed by atoms with Gasteiger partial charge in [0.05, 0.1) is 0 Å². The van der Waals surface area contributed by atoms with Crippen LogP contribution in [0.3, 0.4) is 0 Å². The average Bonchev–Trinajstić information content (AvgIpc) is 2.78. The molecule has 0 aromatic heterocycles. The molecule has 1 nitrogen and oxygen atoms in total. The lowest BCUT2D eigenvalue weighted by Crippen LogP contribution is -2.21. The van der Waals surface area contributed by atoms with Gasteiger partial charge in [-0.25, -0.2) is 0 Å². The monoisotopic (exact) mass is 187 g/mol. The first-order valence-electron chi connectivity index (χ1n) is 5.63. The Hall–Kier alpha value is -0.820. The Morgan fingerprint density at radius 1 is 1.07 bits per heavy atom. The van der Waals surface area contributed by atoms with Crippen molar-refractivity contribution in [1.82, 2.24) is 4.90 Å². The lowest BCUT2D eigenvalue weighted by Gasteiger charge is -2.25. The van der Waals surface area contributed by atoms with E-state index in [2.05, 4.69) is 35.2 Å². The van der Waals surface area contributed by atoms with Crippen LogP contribution in [0.25, 0.3) is 0 Å². The molecule has 0 amide bonds. The van der Waals surface area contributed by atoms with Crippen LogP contribution in [0.1, 0.15) is 18.4 Å². The molecule has 0 saturated carbocycles. The van der Waals surface area contributed by atoms with Gasteiger partial charge in [-0.2, -0.15) is 0 Å². The number of rotatable bonds is 2. The van der Waals surface area contributed by atoms with E-state index in [1.54, 1.807) is 0 Å². The third-order valence-corrected chi connectivity index (χ3v) is 3.90. The van der Waals surface area contributed by atoms with E-state index < -0.39 is 0 Å². The Labute approximate surface area is 85.7 Å². The van der Waals surface area contributed by atoms with Crippen LogP contribution >= 0.6 is 0 Å². The number of benzene rings is 1. The Balaban J connectivity index is 1.78. The minimum Gasteiger partial charge on any atom is -0.303 e. The summed E-state index contributed by atoms with van der Waals surface area (Å²) in [4.78, 5) is 2.61. The van der Waals surface area contributed by atoms with Gasteiger partial charge in [-0.1, -0.05) is 30.3 Å². The number of fused-ring (bicyclic) bond motifs is 2. The van der Waals surface area contributed by atoms with Crippen LogP contribution < -0.4 is 0 Å². The van der Waals surface area contributed by atoms with Crippen LogP contribution in [0.2, 0.25) is 0 Å². The minimum atomic E-state index is 0.640. The van der Waals surface area contributed by atoms with Gasteiger partial charge >= 0.3 is 0 Å². The Morgan fingerprint density at radius 3 is 2.36 bits per heavy atom. The Morgan fingerprint density at radius 2 is 1.79 bits per heavy atom. The van der Waals surface area contributed by atoms with Crippen molar-refractivity contribution in [1.29, 1.82) is 0 Å². The highest BCUT2D eigenvalue weighted by Crippen LogP contribution is 2.42. The van der Waals surface area contributed by atoms with Gasteiger partial charge in [-0.05, 0) is 43.3 Å². The fourth-order valence-corrected chi connectivity index (χ4v) is 3.08. The van der Waals surface area contributed by atoms with Gasteiger partial charge in [0, 0.05) is 6.54 Å². The van der Waals surface area contributed by atoms with Crippen LogP contribution in [0.4, 0.5) is 0 Å². The second kappa shape index (κ2) is 3.09. The molecule has 1 aromatic rings. The van der Waals surface area contributed by atoms with Gasteiger partial charge < -0.3 is 4.90 Å². The Bertz CT molecular complexity index is 309. The maximum absolute atomic E-state index is 2.61. The van der Waals surface area contributed by atoms with Crippen molar-refractivity contribution in [2.75, 3.05) is 19.6 Å². The van der Waals surface area contributed by atoms with E-state index in [1.165, 1.54) is 44.5 Å². The van der Waals surface area contributed by atoms with Gasteiger partial charge in [0.1, 0.15) is 0 Å². The molecule has 0 spiro atoms. The molecule has 74 valence electrons. The Kier molecular flexibility index (Phi) is 1.88. The molecule has 3 rings (SSSR count). The molecular formula is C13H17N. The zero-order valence-electron chi connectivity index (χ0n) is 8.58. The summed E-state index contributed by atoms with van der Waals surface area (Å²) >= 11 is 0. The van der Waals surface area contributed by atoms with E-state index in [-0.39, 0.29) is 0 Å². The van der Waals surface area contributed by atoms with E-state index >= 15 is 0 Å². The molecule has 0 radical (unpaired) electrons. The molecule has 0 unspecified atom stereocenters. The van der Waals surface area contributed by atoms with Crippen molar-refractivity contribution < 1.29 is 0 Å². The van der Waals surface area contributed by atoms with Crippen LogP contribution in [0.15, 0.2) is 30.3 Å². The molecule has 1 heteroatoms. The van der Waals surface area contributed by atoms with Gasteiger partial charge in [0.2, 0.25) is 0 Å². The molecule has 2 aliphatic heterocycles. The summed E-state index contributed by atoms with van der Waals surface area (Å²) in [6.07, 6.45) is 4.13. The topological polar surface area (TPSA) is 3.24 Å². The molecule has 0 N–H and O–H groups in total. The van der Waals surface area contributed by atoms with Gasteiger partial charge in [-0.15, -0.1) is 0 Å². The molecule has 0 aliphatic carbocycles. The fraction of sp³-hybridized carbons (Fsp3) is 0.538. The first-order valence-corrected chi connectivity index (χ1v) is 5.63. The molecule has 14 heavy (non-hydrogen) atoms. The molecule has 2 saturated heterocycles. The standard InChI is InChI=1S/C13H17N/c1-2-4-12(5-3-1)10-13-6-8-14(11-13)9-7-13/h1-5H,6-11H2. The number of hydrogen-bond donors (Lipinski definition) is 0. The van der Waals surface area contributed by atoms with E-state index in [4.69, 9.17) is 0 Å². The van der Waals surface area contributed by atoms with E-state index in [0.717, 1.165) is 0 Å². The van der Waals surface area contributed by atoms with Gasteiger partial charge in [0.25, 0.3) is 0 Å². The smallest absolute Gasteiger partial charge is 0.00421 e. The normalized spacial score (nSPS) is 35.0. The molecule has 0 atom stereocenters. The number of nitrogens with zero attached hydrogens (tertiary/aromatic N) is 1. The summed E-state index contributed by atoms with van der Waals surface area (Å²) < 4.78 is 0. The summed E-state index contributed by atoms with van der Waals surface area (Å²) in [5, 5.41) is 0. The zero-order valence-corrected chi connectivity index (χ0v) is 8.58. The van der Waals surface area contributed by atoms with Crippen LogP contribution in [0, 0.1) is 5.41 Å². The summed E-state index contributed by atoms with van der Waals surface area (Å²) in [5.41, 5.74) is 2.16. The highest BCUT2D eigenvalue weighted by Gasteiger charge is 2.43. The largest absolute Gasteiger partial charge is 0.303 e. The second-order valence-corrected chi connectivity index (χ2v) is 4.94. The third kappa shape index (κ3) is 1.36. The van der Waals surface area contributed by atoms with Crippen molar-refractivity contribution in [3.05, 3.63) is 35.9 Å². The summed E-state index contributed by atoms with van der Waals surface area (Å²) in [7, 11) is 0. The molecule has 2 heterocycles. The van der Waals surface area contributed by atoms with E-state index in [9.17, 15) is 0 Å². The third-order valence-electron chi connectivity index (χ3n) is 3.90. The minimum absolute atomic E-state index is 0.640. The maximum Gasteiger partial charge on any atom is 0.00421 e. The van der Waals surface area contributed by atoms with E-state index in [1.807, 2.05) is 0 Å². The number of hydrogen-bond acceptors (Lipinski definition) is 1. The van der Waals surface area contributed by atoms with Crippen molar-refractivity contribution in [3.63, 3.8) is 0 Å². The predicted molar refractivity (Wildman–Crippen MR) is 58.3 cm³/mol. The highest BCUT2D eigenvalue weighted by atomic mass is 15.2.